The molecule has 1 saturated heterocycles. The van der Waals surface area contributed by atoms with Gasteiger partial charge in [0.1, 0.15) is 18.7 Å². The molecule has 5 rings (SSSR count). The van der Waals surface area contributed by atoms with E-state index in [0.29, 0.717) is 36.4 Å². The molecule has 0 bridgehead atoms. The van der Waals surface area contributed by atoms with Gasteiger partial charge in [0.15, 0.2) is 0 Å². The molecule has 7 N–H and O–H groups in total. The number of carboxylic acid groups (broad SMARTS) is 1. The normalized spacial score (nSPS) is 15.2. The molecule has 16 nitrogen and oxygen atoms in total. The lowest BCUT2D eigenvalue weighted by Gasteiger charge is -2.35. The molecule has 2 heterocycles. The maximum atomic E-state index is 13.9. The van der Waals surface area contributed by atoms with Crippen molar-refractivity contribution in [2.45, 2.75) is 104 Å². The van der Waals surface area contributed by atoms with E-state index >= 15 is 0 Å². The molecular weight excluding hydrogens is 839 g/mol. The van der Waals surface area contributed by atoms with Crippen LogP contribution in [0.15, 0.2) is 78.3 Å². The number of nitrogens with one attached hydrogen (secondary N) is 5. The molecule has 1 unspecified atom stereocenters. The first kappa shape index (κ1) is 48.9. The molecule has 3 atom stereocenters. The van der Waals surface area contributed by atoms with Gasteiger partial charge in [-0.15, -0.1) is 11.3 Å². The van der Waals surface area contributed by atoms with Gasteiger partial charge >= 0.3 is 6.09 Å². The molecule has 1 aliphatic heterocycles. The smallest absolute Gasteiger partial charge is 0.409 e. The quantitative estimate of drug-likeness (QED) is 0.0426. The first-order valence-electron chi connectivity index (χ1n) is 21.5. The molecule has 0 spiro atoms. The Kier molecular flexibility index (Phi) is 17.9. The van der Waals surface area contributed by atoms with Crippen molar-refractivity contribution in [2.75, 3.05) is 35.7 Å². The van der Waals surface area contributed by atoms with Gasteiger partial charge in [-0.1, -0.05) is 82.9 Å². The van der Waals surface area contributed by atoms with Crippen LogP contribution in [0.4, 0.5) is 21.9 Å². The van der Waals surface area contributed by atoms with Gasteiger partial charge in [0, 0.05) is 43.8 Å². The fraction of sp³-hybridized carbons (Fsp3) is 0.426. The number of aliphatic hydroxyl groups is 1. The highest BCUT2D eigenvalue weighted by atomic mass is 32.1. The van der Waals surface area contributed by atoms with Crippen molar-refractivity contribution in [2.24, 2.45) is 5.41 Å². The summed E-state index contributed by atoms with van der Waals surface area (Å²) in [5.41, 5.74) is 5.48. The number of benzene rings is 3. The lowest BCUT2D eigenvalue weighted by molar-refractivity contribution is -0.144. The van der Waals surface area contributed by atoms with E-state index in [2.05, 4.69) is 31.6 Å². The number of amides is 6. The predicted molar refractivity (Wildman–Crippen MR) is 246 cm³/mol. The van der Waals surface area contributed by atoms with Crippen molar-refractivity contribution in [1.82, 2.24) is 20.5 Å². The van der Waals surface area contributed by atoms with E-state index in [-0.39, 0.29) is 43.6 Å². The third-order valence-electron chi connectivity index (χ3n) is 10.7. The molecule has 0 radical (unpaired) electrons. The number of carbonyl (C=O) groups excluding carboxylic acids is 5. The number of aliphatic hydroxyl groups excluding tert-OH is 1. The van der Waals surface area contributed by atoms with Crippen molar-refractivity contribution in [1.29, 1.82) is 0 Å². The van der Waals surface area contributed by atoms with Gasteiger partial charge in [0.25, 0.3) is 5.91 Å². The van der Waals surface area contributed by atoms with E-state index in [1.165, 1.54) is 11.0 Å². The summed E-state index contributed by atoms with van der Waals surface area (Å²) in [7, 11) is 0. The molecular formula is C47H59N7O9S. The SMILES string of the molecule is Cc1ncsc1-c1ccc(CNC(=O)[C@@H]2C[C@@H](O)CN2C(=O)C(NC(=O)COCCCCCCCCC(=O)Nc2ccc(C(=O)Nc3ccccc3NC(=O)O)cc2)C(C)(C)C)cc1. The molecule has 0 aliphatic carbocycles. The van der Waals surface area contributed by atoms with E-state index in [1.54, 1.807) is 59.3 Å². The molecule has 17 heteroatoms. The topological polar surface area (TPSA) is 228 Å². The largest absolute Gasteiger partial charge is 0.465 e. The lowest BCUT2D eigenvalue weighted by Crippen LogP contribution is -2.58. The Morgan fingerprint density at radius 2 is 1.50 bits per heavy atom. The summed E-state index contributed by atoms with van der Waals surface area (Å²) in [5.74, 6) is -1.81. The van der Waals surface area contributed by atoms with Crippen LogP contribution in [0.5, 0.6) is 0 Å². The van der Waals surface area contributed by atoms with Crippen LogP contribution in [-0.4, -0.2) is 93.7 Å². The van der Waals surface area contributed by atoms with E-state index < -0.39 is 47.4 Å². The highest BCUT2D eigenvalue weighted by Gasteiger charge is 2.44. The van der Waals surface area contributed by atoms with E-state index in [1.807, 2.05) is 52.0 Å². The standard InChI is InChI=1S/C47H59N7O9S/c1-30-41(64-29-49-30)32-18-16-31(17-19-32)26-48-44(59)38-25-35(55)27-54(38)45(60)42(47(2,3)4)53-40(57)28-63-24-12-8-6-5-7-9-15-39(56)50-34-22-20-33(21-23-34)43(58)51-36-13-10-11-14-37(36)52-46(61)62/h10-11,13-14,16-23,29,35,38,42,52,55H,5-9,12,15,24-28H2,1-4H3,(H,48,59)(H,50,56)(H,51,58)(H,53,57)(H,61,62)/t35-,38+,42?/m1/s1. The average Bonchev–Trinajstić information content (AvgIpc) is 3.87. The van der Waals surface area contributed by atoms with Gasteiger partial charge in [0.05, 0.1) is 33.6 Å². The summed E-state index contributed by atoms with van der Waals surface area (Å²) in [6, 6.07) is 18.9. The maximum absolute atomic E-state index is 13.9. The molecule has 6 amide bonds. The number of anilines is 3. The predicted octanol–water partition coefficient (Wildman–Crippen LogP) is 6.96. The Hall–Kier alpha value is -6.17. The summed E-state index contributed by atoms with van der Waals surface area (Å²) in [5, 5.41) is 33.1. The van der Waals surface area contributed by atoms with Gasteiger partial charge in [-0.05, 0) is 72.7 Å². The van der Waals surface area contributed by atoms with Crippen LogP contribution in [0.2, 0.25) is 0 Å². The summed E-state index contributed by atoms with van der Waals surface area (Å²) in [6.45, 7) is 7.85. The first-order chi connectivity index (χ1) is 30.6. The van der Waals surface area contributed by atoms with Crippen molar-refractivity contribution in [3.8, 4) is 10.4 Å². The van der Waals surface area contributed by atoms with Gasteiger partial charge in [-0.3, -0.25) is 29.3 Å². The second-order valence-corrected chi connectivity index (χ2v) is 17.8. The zero-order valence-corrected chi connectivity index (χ0v) is 37.6. The summed E-state index contributed by atoms with van der Waals surface area (Å²) < 4.78 is 5.64. The third kappa shape index (κ3) is 14.7. The van der Waals surface area contributed by atoms with Crippen molar-refractivity contribution in [3.05, 3.63) is 95.1 Å². The minimum Gasteiger partial charge on any atom is -0.465 e. The van der Waals surface area contributed by atoms with Crippen LogP contribution in [0.1, 0.15) is 93.8 Å². The van der Waals surface area contributed by atoms with Crippen LogP contribution < -0.4 is 26.6 Å². The van der Waals surface area contributed by atoms with Gasteiger partial charge in [-0.25, -0.2) is 9.78 Å². The average molecular weight is 898 g/mol. The number of aryl methyl sites for hydroxylation is 1. The maximum Gasteiger partial charge on any atom is 0.409 e. The zero-order chi connectivity index (χ0) is 46.2. The highest BCUT2D eigenvalue weighted by molar-refractivity contribution is 7.13. The van der Waals surface area contributed by atoms with Gasteiger partial charge < -0.3 is 41.1 Å². The minimum absolute atomic E-state index is 0.0141. The number of rotatable bonds is 21. The fourth-order valence-corrected chi connectivity index (χ4v) is 8.10. The van der Waals surface area contributed by atoms with E-state index in [4.69, 9.17) is 9.84 Å². The number of β-amino-alcohol motifs (C(OH)–C–C–N with tert-alkyl or cyclic N) is 1. The molecule has 64 heavy (non-hydrogen) atoms. The molecule has 1 fully saturated rings. The van der Waals surface area contributed by atoms with Gasteiger partial charge in [-0.2, -0.15) is 0 Å². The van der Waals surface area contributed by atoms with Crippen LogP contribution in [0.3, 0.4) is 0 Å². The number of aromatic nitrogens is 1. The number of nitrogens with zero attached hydrogens (tertiary/aromatic N) is 2. The van der Waals surface area contributed by atoms with Gasteiger partial charge in [0.2, 0.25) is 23.6 Å². The summed E-state index contributed by atoms with van der Waals surface area (Å²) in [6.07, 6.45) is 3.42. The van der Waals surface area contributed by atoms with Crippen molar-refractivity contribution < 1.29 is 43.7 Å². The Labute approximate surface area is 377 Å². The summed E-state index contributed by atoms with van der Waals surface area (Å²) in [4.78, 5) is 83.3. The zero-order valence-electron chi connectivity index (χ0n) is 36.8. The molecule has 342 valence electrons. The van der Waals surface area contributed by atoms with Crippen LogP contribution in [-0.2, 0) is 30.5 Å². The van der Waals surface area contributed by atoms with Crippen LogP contribution in [0, 0.1) is 12.3 Å². The number of hydrogen-bond donors (Lipinski definition) is 7. The van der Waals surface area contributed by atoms with E-state index in [9.17, 15) is 33.9 Å². The molecule has 0 saturated carbocycles. The summed E-state index contributed by atoms with van der Waals surface area (Å²) >= 11 is 1.57. The number of thiazole rings is 1. The Balaban J connectivity index is 0.943. The molecule has 1 aliphatic rings. The molecule has 1 aromatic heterocycles. The molecule has 3 aromatic carbocycles. The van der Waals surface area contributed by atoms with E-state index in [0.717, 1.165) is 53.8 Å². The third-order valence-corrected chi connectivity index (χ3v) is 11.7. The van der Waals surface area contributed by atoms with Crippen molar-refractivity contribution in [3.63, 3.8) is 0 Å². The second kappa shape index (κ2) is 23.5. The molecule has 4 aromatic rings. The monoisotopic (exact) mass is 897 g/mol. The highest BCUT2D eigenvalue weighted by Crippen LogP contribution is 2.29. The number of unbranched alkanes of at least 4 members (excludes halogenated alkanes) is 5. The Bertz CT molecular complexity index is 2220. The van der Waals surface area contributed by atoms with Crippen LogP contribution in [0.25, 0.3) is 10.4 Å². The minimum atomic E-state index is -1.24. The lowest BCUT2D eigenvalue weighted by atomic mass is 9.85. The van der Waals surface area contributed by atoms with Crippen molar-refractivity contribution >= 4 is 64.0 Å². The Morgan fingerprint density at radius 1 is 0.844 bits per heavy atom. The van der Waals surface area contributed by atoms with Crippen LogP contribution >= 0.6 is 11.3 Å². The Morgan fingerprint density at radius 3 is 2.14 bits per heavy atom. The fourth-order valence-electron chi connectivity index (χ4n) is 7.28. The number of carbonyl (C=O) groups is 6. The second-order valence-electron chi connectivity index (χ2n) is 16.9. The number of hydrogen-bond acceptors (Lipinski definition) is 10. The first-order valence-corrected chi connectivity index (χ1v) is 22.4. The number of likely N-dealkylation sites (tertiary alicyclic amines) is 1. The number of ether oxygens (including phenoxy) is 1. The number of para-hydroxylation sites is 2.